The molecule has 5 heteroatoms. The van der Waals surface area contributed by atoms with Gasteiger partial charge in [0.2, 0.25) is 5.95 Å². The van der Waals surface area contributed by atoms with E-state index >= 15 is 0 Å². The van der Waals surface area contributed by atoms with Crippen LogP contribution in [-0.2, 0) is 7.05 Å². The van der Waals surface area contributed by atoms with Crippen molar-refractivity contribution >= 4 is 16.9 Å². The van der Waals surface area contributed by atoms with Crippen LogP contribution in [0, 0.1) is 0 Å². The Bertz CT molecular complexity index is 658. The van der Waals surface area contributed by atoms with Gasteiger partial charge in [0, 0.05) is 20.1 Å². The second-order valence-corrected chi connectivity index (χ2v) is 4.93. The summed E-state index contributed by atoms with van der Waals surface area (Å²) in [7, 11) is 1.70. The molecule has 5 nitrogen and oxygen atoms in total. The Hall–Kier alpha value is -2.04. The van der Waals surface area contributed by atoms with E-state index in [1.54, 1.807) is 19.2 Å². The summed E-state index contributed by atoms with van der Waals surface area (Å²) >= 11 is 0. The molecule has 1 N–H and O–H groups in total. The lowest BCUT2D eigenvalue weighted by molar-refractivity contribution is 0.480. The van der Waals surface area contributed by atoms with Crippen LogP contribution in [0.5, 0.6) is 5.75 Å². The molecular formula is C15H21N3O2. The fourth-order valence-electron chi connectivity index (χ4n) is 2.42. The minimum Gasteiger partial charge on any atom is -0.507 e. The Kier molecular flexibility index (Phi) is 4.27. The quantitative estimate of drug-likeness (QED) is 0.909. The predicted molar refractivity (Wildman–Crippen MR) is 81.4 cm³/mol. The summed E-state index contributed by atoms with van der Waals surface area (Å²) in [5.41, 5.74) is 0.334. The first-order chi connectivity index (χ1) is 9.60. The first-order valence-corrected chi connectivity index (χ1v) is 7.03. The molecule has 108 valence electrons. The normalized spacial score (nSPS) is 10.9. The third kappa shape index (κ3) is 2.48. The van der Waals surface area contributed by atoms with E-state index in [1.165, 1.54) is 10.6 Å². The van der Waals surface area contributed by atoms with Crippen molar-refractivity contribution in [3.8, 4) is 5.75 Å². The van der Waals surface area contributed by atoms with Crippen LogP contribution >= 0.6 is 0 Å². The fraction of sp³-hybridized carbons (Fsp3) is 0.467. The average molecular weight is 275 g/mol. The van der Waals surface area contributed by atoms with E-state index in [0.29, 0.717) is 11.5 Å². The number of benzene rings is 1. The second-order valence-electron chi connectivity index (χ2n) is 4.93. The van der Waals surface area contributed by atoms with Crippen molar-refractivity contribution in [2.45, 2.75) is 26.7 Å². The Balaban J connectivity index is 2.65. The molecule has 0 bridgehead atoms. The number of hydrogen-bond acceptors (Lipinski definition) is 4. The highest BCUT2D eigenvalue weighted by Crippen LogP contribution is 2.21. The van der Waals surface area contributed by atoms with Crippen molar-refractivity contribution in [3.05, 3.63) is 28.6 Å². The van der Waals surface area contributed by atoms with E-state index in [-0.39, 0.29) is 16.7 Å². The number of nitrogens with zero attached hydrogens (tertiary/aromatic N) is 3. The van der Waals surface area contributed by atoms with Gasteiger partial charge in [0.25, 0.3) is 5.56 Å². The van der Waals surface area contributed by atoms with Crippen LogP contribution in [0.25, 0.3) is 10.9 Å². The van der Waals surface area contributed by atoms with Gasteiger partial charge >= 0.3 is 0 Å². The maximum absolute atomic E-state index is 12.4. The van der Waals surface area contributed by atoms with Crippen molar-refractivity contribution in [1.82, 2.24) is 9.55 Å². The number of phenolic OH excluding ortho intramolecular Hbond substituents is 1. The van der Waals surface area contributed by atoms with E-state index in [1.807, 2.05) is 0 Å². The molecule has 0 atom stereocenters. The van der Waals surface area contributed by atoms with Crippen molar-refractivity contribution in [3.63, 3.8) is 0 Å². The van der Waals surface area contributed by atoms with Gasteiger partial charge in [-0.1, -0.05) is 19.9 Å². The van der Waals surface area contributed by atoms with Crippen LogP contribution in [0.4, 0.5) is 5.95 Å². The summed E-state index contributed by atoms with van der Waals surface area (Å²) in [6.07, 6.45) is 1.99. The molecule has 1 aromatic heterocycles. The standard InChI is InChI=1S/C15H21N3O2/c1-4-9-18(10-5-2)15-16-11-7-6-8-12(19)13(11)14(20)17(15)3/h6-8,19H,4-5,9-10H2,1-3H3. The number of hydrogen-bond donors (Lipinski definition) is 1. The maximum atomic E-state index is 12.4. The maximum Gasteiger partial charge on any atom is 0.266 e. The largest absolute Gasteiger partial charge is 0.507 e. The molecular weight excluding hydrogens is 254 g/mol. The minimum atomic E-state index is -0.208. The predicted octanol–water partition coefficient (Wildman–Crippen LogP) is 2.27. The molecule has 2 rings (SSSR count). The molecule has 2 aromatic rings. The molecule has 1 heterocycles. The summed E-state index contributed by atoms with van der Waals surface area (Å²) in [5.74, 6) is 0.650. The number of aromatic hydroxyl groups is 1. The van der Waals surface area contributed by atoms with E-state index < -0.39 is 0 Å². The smallest absolute Gasteiger partial charge is 0.266 e. The van der Waals surface area contributed by atoms with Crippen LogP contribution in [-0.4, -0.2) is 27.7 Å². The van der Waals surface area contributed by atoms with Gasteiger partial charge in [-0.25, -0.2) is 4.98 Å². The Morgan fingerprint density at radius 3 is 2.50 bits per heavy atom. The molecule has 0 aliphatic heterocycles. The zero-order chi connectivity index (χ0) is 14.7. The number of rotatable bonds is 5. The monoisotopic (exact) mass is 275 g/mol. The van der Waals surface area contributed by atoms with Crippen LogP contribution < -0.4 is 10.5 Å². The van der Waals surface area contributed by atoms with Crippen LogP contribution in [0.3, 0.4) is 0 Å². The summed E-state index contributed by atoms with van der Waals surface area (Å²) in [6.45, 7) is 5.93. The van der Waals surface area contributed by atoms with Gasteiger partial charge in [0.15, 0.2) is 0 Å². The molecule has 1 aromatic carbocycles. The first-order valence-electron chi connectivity index (χ1n) is 7.03. The lowest BCUT2D eigenvalue weighted by Gasteiger charge is -2.24. The van der Waals surface area contributed by atoms with E-state index in [2.05, 4.69) is 23.7 Å². The molecule has 0 fully saturated rings. The topological polar surface area (TPSA) is 58.4 Å². The lowest BCUT2D eigenvalue weighted by atomic mass is 10.2. The van der Waals surface area contributed by atoms with Crippen molar-refractivity contribution in [1.29, 1.82) is 0 Å². The number of aromatic nitrogens is 2. The molecule has 0 amide bonds. The highest BCUT2D eigenvalue weighted by Gasteiger charge is 2.15. The number of fused-ring (bicyclic) bond motifs is 1. The molecule has 0 aliphatic rings. The third-order valence-electron chi connectivity index (χ3n) is 3.33. The van der Waals surface area contributed by atoms with Gasteiger partial charge < -0.3 is 10.0 Å². The zero-order valence-electron chi connectivity index (χ0n) is 12.3. The van der Waals surface area contributed by atoms with Crippen molar-refractivity contribution in [2.75, 3.05) is 18.0 Å². The molecule has 0 aliphatic carbocycles. The van der Waals surface area contributed by atoms with E-state index in [0.717, 1.165) is 25.9 Å². The highest BCUT2D eigenvalue weighted by molar-refractivity contribution is 5.84. The molecule has 0 unspecified atom stereocenters. The van der Waals surface area contributed by atoms with Gasteiger partial charge in [-0.15, -0.1) is 0 Å². The van der Waals surface area contributed by atoms with Gasteiger partial charge in [-0.05, 0) is 25.0 Å². The molecule has 0 saturated heterocycles. The van der Waals surface area contributed by atoms with E-state index in [9.17, 15) is 9.90 Å². The SMILES string of the molecule is CCCN(CCC)c1nc2cccc(O)c2c(=O)n1C. The molecule has 0 radical (unpaired) electrons. The molecule has 0 saturated carbocycles. The minimum absolute atomic E-state index is 0.0142. The van der Waals surface area contributed by atoms with Crippen molar-refractivity contribution < 1.29 is 5.11 Å². The van der Waals surface area contributed by atoms with Crippen LogP contribution in [0.15, 0.2) is 23.0 Å². The number of anilines is 1. The lowest BCUT2D eigenvalue weighted by Crippen LogP contribution is -2.33. The van der Waals surface area contributed by atoms with Crippen LogP contribution in [0.1, 0.15) is 26.7 Å². The fourth-order valence-corrected chi connectivity index (χ4v) is 2.42. The number of phenols is 1. The van der Waals surface area contributed by atoms with Gasteiger partial charge in [0.05, 0.1) is 5.52 Å². The summed E-state index contributed by atoms with van der Waals surface area (Å²) in [5, 5.41) is 10.1. The van der Waals surface area contributed by atoms with Gasteiger partial charge in [0.1, 0.15) is 11.1 Å². The van der Waals surface area contributed by atoms with Crippen LogP contribution in [0.2, 0.25) is 0 Å². The Morgan fingerprint density at radius 2 is 1.90 bits per heavy atom. The molecule has 20 heavy (non-hydrogen) atoms. The third-order valence-corrected chi connectivity index (χ3v) is 3.33. The summed E-state index contributed by atoms with van der Waals surface area (Å²) < 4.78 is 1.52. The highest BCUT2D eigenvalue weighted by atomic mass is 16.3. The van der Waals surface area contributed by atoms with Gasteiger partial charge in [-0.2, -0.15) is 0 Å². The Labute approximate surface area is 118 Å². The van der Waals surface area contributed by atoms with Crippen molar-refractivity contribution in [2.24, 2.45) is 7.05 Å². The van der Waals surface area contributed by atoms with Gasteiger partial charge in [-0.3, -0.25) is 9.36 Å². The first kappa shape index (κ1) is 14.4. The zero-order valence-corrected chi connectivity index (χ0v) is 12.3. The second kappa shape index (κ2) is 5.94. The van der Waals surface area contributed by atoms with E-state index in [4.69, 9.17) is 0 Å². The molecule has 0 spiro atoms. The summed E-state index contributed by atoms with van der Waals surface area (Å²) in [4.78, 5) is 19.1. The average Bonchev–Trinajstić information content (AvgIpc) is 2.42. The summed E-state index contributed by atoms with van der Waals surface area (Å²) in [6, 6.07) is 4.98. The Morgan fingerprint density at radius 1 is 1.25 bits per heavy atom.